The van der Waals surface area contributed by atoms with Crippen molar-refractivity contribution in [1.29, 1.82) is 0 Å². The first-order chi connectivity index (χ1) is 14.8. The van der Waals surface area contributed by atoms with Gasteiger partial charge in [0.05, 0.1) is 16.7 Å². The largest absolute Gasteiger partial charge is 0.325 e. The van der Waals surface area contributed by atoms with E-state index in [0.29, 0.717) is 18.5 Å². The number of carbonyl (C=O) groups is 3. The van der Waals surface area contributed by atoms with Gasteiger partial charge in [-0.15, -0.1) is 0 Å². The van der Waals surface area contributed by atoms with Crippen molar-refractivity contribution in [2.75, 3.05) is 16.6 Å². The van der Waals surface area contributed by atoms with Crippen LogP contribution in [-0.4, -0.2) is 47.6 Å². The van der Waals surface area contributed by atoms with Crippen molar-refractivity contribution in [3.05, 3.63) is 42.7 Å². The van der Waals surface area contributed by atoms with Gasteiger partial charge < -0.3 is 5.32 Å². The van der Waals surface area contributed by atoms with Gasteiger partial charge in [-0.25, -0.2) is 23.1 Å². The lowest BCUT2D eigenvalue weighted by molar-refractivity contribution is -0.142. The summed E-state index contributed by atoms with van der Waals surface area (Å²) in [5.41, 5.74) is 0.344. The fourth-order valence-electron chi connectivity index (χ4n) is 3.98. The molecule has 0 unspecified atom stereocenters. The fraction of sp³-hybridized carbons (Fsp3) is 0.350. The van der Waals surface area contributed by atoms with Crippen LogP contribution in [0, 0.1) is 11.8 Å². The van der Waals surface area contributed by atoms with E-state index in [2.05, 4.69) is 20.0 Å². The monoisotopic (exact) mass is 443 g/mol. The third kappa shape index (κ3) is 4.41. The summed E-state index contributed by atoms with van der Waals surface area (Å²) in [5.74, 6) is -1.74. The second-order valence-electron chi connectivity index (χ2n) is 7.51. The van der Waals surface area contributed by atoms with Crippen LogP contribution >= 0.6 is 0 Å². The summed E-state index contributed by atoms with van der Waals surface area (Å²) in [6.07, 6.45) is 6.03. The van der Waals surface area contributed by atoms with Gasteiger partial charge in [0, 0.05) is 18.1 Å². The van der Waals surface area contributed by atoms with Gasteiger partial charge in [0.1, 0.15) is 6.54 Å². The molecule has 2 atom stereocenters. The zero-order valence-corrected chi connectivity index (χ0v) is 17.3. The number of aromatic nitrogens is 2. The Morgan fingerprint density at radius 3 is 2.16 bits per heavy atom. The van der Waals surface area contributed by atoms with E-state index < -0.39 is 15.9 Å². The Hall–Kier alpha value is -3.34. The number of nitrogens with zero attached hydrogens (tertiary/aromatic N) is 3. The lowest BCUT2D eigenvalue weighted by atomic mass is 9.81. The molecule has 1 aromatic carbocycles. The Morgan fingerprint density at radius 1 is 1.00 bits per heavy atom. The summed E-state index contributed by atoms with van der Waals surface area (Å²) in [6.45, 7) is -0.350. The van der Waals surface area contributed by atoms with Gasteiger partial charge in [0.2, 0.25) is 23.7 Å². The highest BCUT2D eigenvalue weighted by Gasteiger charge is 2.48. The minimum Gasteiger partial charge on any atom is -0.325 e. The molecule has 10 nitrogen and oxygen atoms in total. The topological polar surface area (TPSA) is 138 Å². The van der Waals surface area contributed by atoms with E-state index in [1.165, 1.54) is 36.7 Å². The molecule has 0 radical (unpaired) electrons. The highest BCUT2D eigenvalue weighted by Crippen LogP contribution is 2.37. The van der Waals surface area contributed by atoms with Crippen LogP contribution in [-0.2, 0) is 24.4 Å². The van der Waals surface area contributed by atoms with E-state index in [9.17, 15) is 22.8 Å². The van der Waals surface area contributed by atoms with Crippen molar-refractivity contribution in [3.8, 4) is 0 Å². The van der Waals surface area contributed by atoms with Gasteiger partial charge >= 0.3 is 0 Å². The summed E-state index contributed by atoms with van der Waals surface area (Å²) in [7, 11) is -3.89. The molecule has 1 saturated carbocycles. The predicted octanol–water partition coefficient (Wildman–Crippen LogP) is 1.39. The van der Waals surface area contributed by atoms with Crippen LogP contribution in [0.25, 0.3) is 0 Å². The van der Waals surface area contributed by atoms with Crippen LogP contribution in [0.3, 0.4) is 0 Å². The number of amides is 3. The van der Waals surface area contributed by atoms with Crippen molar-refractivity contribution in [3.63, 3.8) is 0 Å². The molecular formula is C20H21N5O5S. The van der Waals surface area contributed by atoms with Crippen molar-refractivity contribution < 1.29 is 22.8 Å². The van der Waals surface area contributed by atoms with Gasteiger partial charge in [-0.1, -0.05) is 12.8 Å². The van der Waals surface area contributed by atoms with Gasteiger partial charge in [0.25, 0.3) is 10.0 Å². The van der Waals surface area contributed by atoms with Crippen LogP contribution < -0.4 is 10.0 Å². The number of sulfonamides is 1. The van der Waals surface area contributed by atoms with E-state index in [1.807, 2.05) is 0 Å². The number of benzene rings is 1. The van der Waals surface area contributed by atoms with Crippen molar-refractivity contribution in [1.82, 2.24) is 14.9 Å². The minimum atomic E-state index is -3.89. The molecule has 2 N–H and O–H groups in total. The first-order valence-corrected chi connectivity index (χ1v) is 11.4. The average molecular weight is 443 g/mol. The predicted molar refractivity (Wildman–Crippen MR) is 110 cm³/mol. The maximum Gasteiger partial charge on any atom is 0.264 e. The molecule has 2 fully saturated rings. The normalized spacial score (nSPS) is 21.0. The van der Waals surface area contributed by atoms with Crippen LogP contribution in [0.4, 0.5) is 11.6 Å². The van der Waals surface area contributed by atoms with Crippen LogP contribution in [0.15, 0.2) is 47.6 Å². The summed E-state index contributed by atoms with van der Waals surface area (Å²) in [6, 6.07) is 7.05. The van der Waals surface area contributed by atoms with Crippen molar-refractivity contribution >= 4 is 39.4 Å². The molecular weight excluding hydrogens is 422 g/mol. The van der Waals surface area contributed by atoms with E-state index in [-0.39, 0.29) is 41.0 Å². The number of rotatable bonds is 6. The quantitative estimate of drug-likeness (QED) is 0.643. The highest BCUT2D eigenvalue weighted by atomic mass is 32.2. The Balaban J connectivity index is 1.38. The lowest BCUT2D eigenvalue weighted by Gasteiger charge is -2.19. The number of carbonyl (C=O) groups excluding carboxylic acids is 3. The molecule has 1 aliphatic carbocycles. The smallest absolute Gasteiger partial charge is 0.264 e. The number of fused-ring (bicyclic) bond motifs is 1. The Morgan fingerprint density at radius 2 is 1.58 bits per heavy atom. The fourth-order valence-corrected chi connectivity index (χ4v) is 4.94. The first-order valence-electron chi connectivity index (χ1n) is 9.90. The lowest BCUT2D eigenvalue weighted by Crippen LogP contribution is -2.38. The molecule has 1 aliphatic heterocycles. The van der Waals surface area contributed by atoms with E-state index in [4.69, 9.17) is 0 Å². The molecule has 0 bridgehead atoms. The van der Waals surface area contributed by atoms with Gasteiger partial charge in [-0.3, -0.25) is 19.3 Å². The number of nitrogens with one attached hydrogen (secondary N) is 2. The SMILES string of the molecule is O=C(CN1C(=O)[C@H]2CCCC[C@H]2C1=O)Nc1ccc(S(=O)(=O)Nc2ncccn2)cc1. The van der Waals surface area contributed by atoms with E-state index >= 15 is 0 Å². The summed E-state index contributed by atoms with van der Waals surface area (Å²) in [4.78, 5) is 46.0. The molecule has 2 aliphatic rings. The zero-order chi connectivity index (χ0) is 22.0. The third-order valence-corrected chi connectivity index (χ3v) is 6.82. The zero-order valence-electron chi connectivity index (χ0n) is 16.5. The molecule has 1 aromatic heterocycles. The second kappa shape index (κ2) is 8.42. The number of likely N-dealkylation sites (tertiary alicyclic amines) is 1. The van der Waals surface area contributed by atoms with E-state index in [0.717, 1.165) is 17.7 Å². The van der Waals surface area contributed by atoms with Crippen LogP contribution in [0.1, 0.15) is 25.7 Å². The minimum absolute atomic E-state index is 0.0353. The maximum atomic E-state index is 12.5. The number of hydrogen-bond acceptors (Lipinski definition) is 7. The molecule has 3 amide bonds. The summed E-state index contributed by atoms with van der Waals surface area (Å²) < 4.78 is 27.1. The first kappa shape index (κ1) is 20.9. The van der Waals surface area contributed by atoms with Crippen molar-refractivity contribution in [2.45, 2.75) is 30.6 Å². The summed E-state index contributed by atoms with van der Waals surface area (Å²) in [5, 5.41) is 2.59. The summed E-state index contributed by atoms with van der Waals surface area (Å²) >= 11 is 0. The number of anilines is 2. The Bertz CT molecular complexity index is 1080. The number of imide groups is 1. The molecule has 0 spiro atoms. The Kier molecular flexibility index (Phi) is 5.68. The standard InChI is InChI=1S/C20H21N5O5S/c26-17(12-25-18(27)15-4-1-2-5-16(15)19(25)28)23-13-6-8-14(9-7-13)31(29,30)24-20-21-10-3-11-22-20/h3,6-11,15-16H,1-2,4-5,12H2,(H,23,26)(H,21,22,24)/t15-,16+. The van der Waals surface area contributed by atoms with Crippen LogP contribution in [0.2, 0.25) is 0 Å². The highest BCUT2D eigenvalue weighted by molar-refractivity contribution is 7.92. The molecule has 11 heteroatoms. The van der Waals surface area contributed by atoms with Gasteiger partial charge in [-0.2, -0.15) is 0 Å². The molecule has 2 heterocycles. The molecule has 1 saturated heterocycles. The third-order valence-electron chi connectivity index (χ3n) is 5.47. The molecule has 31 heavy (non-hydrogen) atoms. The van der Waals surface area contributed by atoms with Crippen molar-refractivity contribution in [2.24, 2.45) is 11.8 Å². The maximum absolute atomic E-state index is 12.5. The molecule has 162 valence electrons. The van der Waals surface area contributed by atoms with Gasteiger partial charge in [-0.05, 0) is 43.2 Å². The second-order valence-corrected chi connectivity index (χ2v) is 9.19. The molecule has 2 aromatic rings. The van der Waals surface area contributed by atoms with Gasteiger partial charge in [0.15, 0.2) is 0 Å². The van der Waals surface area contributed by atoms with E-state index in [1.54, 1.807) is 6.07 Å². The average Bonchev–Trinajstić information content (AvgIpc) is 3.00. The molecule has 4 rings (SSSR count). The number of hydrogen-bond donors (Lipinski definition) is 2. The Labute approximate surface area is 179 Å². The van der Waals surface area contributed by atoms with Crippen LogP contribution in [0.5, 0.6) is 0 Å².